The topological polar surface area (TPSA) is 29.9 Å². The number of nitrogens with one attached hydrogen (secondary N) is 1. The van der Waals surface area contributed by atoms with E-state index in [0.717, 1.165) is 42.3 Å². The third kappa shape index (κ3) is 4.46. The molecule has 1 rings (SSSR count). The first-order valence-electron chi connectivity index (χ1n) is 6.60. The van der Waals surface area contributed by atoms with Crippen LogP contribution in [0, 0.1) is 6.92 Å². The van der Waals surface area contributed by atoms with Crippen molar-refractivity contribution in [1.29, 1.82) is 0 Å². The predicted molar refractivity (Wildman–Crippen MR) is 78.2 cm³/mol. The third-order valence-electron chi connectivity index (χ3n) is 2.95. The molecule has 0 fully saturated rings. The molecule has 0 aliphatic carbocycles. The average Bonchev–Trinajstić information content (AvgIpc) is 2.56. The van der Waals surface area contributed by atoms with Crippen molar-refractivity contribution < 1.29 is 0 Å². The summed E-state index contributed by atoms with van der Waals surface area (Å²) in [6.45, 7) is 8.42. The van der Waals surface area contributed by atoms with Gasteiger partial charge >= 0.3 is 0 Å². The molecule has 0 radical (unpaired) electrons. The van der Waals surface area contributed by atoms with Crippen LogP contribution in [0.1, 0.15) is 38.1 Å². The van der Waals surface area contributed by atoms with Crippen LogP contribution in [0.15, 0.2) is 11.6 Å². The van der Waals surface area contributed by atoms with Crippen molar-refractivity contribution in [3.05, 3.63) is 28.1 Å². The molecule has 0 aromatic carbocycles. The number of aryl methyl sites for hydroxylation is 2. The predicted octanol–water partition coefficient (Wildman–Crippen LogP) is 3.26. The fraction of sp³-hybridized carbons (Fsp3) is 0.643. The summed E-state index contributed by atoms with van der Waals surface area (Å²) >= 11 is 6.24. The van der Waals surface area contributed by atoms with Crippen molar-refractivity contribution in [3.63, 3.8) is 0 Å². The molecule has 1 aromatic heterocycles. The lowest BCUT2D eigenvalue weighted by Crippen LogP contribution is -2.15. The maximum absolute atomic E-state index is 6.24. The van der Waals surface area contributed by atoms with Gasteiger partial charge in [-0.3, -0.25) is 4.68 Å². The zero-order chi connectivity index (χ0) is 13.5. The number of halogens is 1. The van der Waals surface area contributed by atoms with E-state index < -0.39 is 0 Å². The van der Waals surface area contributed by atoms with Gasteiger partial charge in [-0.1, -0.05) is 30.2 Å². The van der Waals surface area contributed by atoms with E-state index >= 15 is 0 Å². The number of allylic oxidation sites excluding steroid dienone is 1. The maximum Gasteiger partial charge on any atom is 0.0850 e. The van der Waals surface area contributed by atoms with E-state index in [1.54, 1.807) is 0 Å². The Kier molecular flexibility index (Phi) is 6.44. The number of nitrogens with zero attached hydrogens (tertiary/aromatic N) is 2. The van der Waals surface area contributed by atoms with Crippen LogP contribution < -0.4 is 5.32 Å². The molecule has 0 unspecified atom stereocenters. The van der Waals surface area contributed by atoms with E-state index in [2.05, 4.69) is 30.3 Å². The molecule has 0 spiro atoms. The first kappa shape index (κ1) is 15.3. The largest absolute Gasteiger partial charge is 0.316 e. The summed E-state index contributed by atoms with van der Waals surface area (Å²) in [5.41, 5.74) is 3.36. The van der Waals surface area contributed by atoms with Gasteiger partial charge in [-0.05, 0) is 39.8 Å². The number of rotatable bonds is 7. The molecule has 1 aromatic rings. The molecule has 0 amide bonds. The maximum atomic E-state index is 6.24. The summed E-state index contributed by atoms with van der Waals surface area (Å²) in [5, 5.41) is 8.52. The van der Waals surface area contributed by atoms with Gasteiger partial charge in [-0.25, -0.2) is 0 Å². The van der Waals surface area contributed by atoms with Crippen molar-refractivity contribution in [2.45, 2.75) is 40.0 Å². The molecule has 0 atom stereocenters. The van der Waals surface area contributed by atoms with Crippen LogP contribution in [0.2, 0.25) is 5.02 Å². The summed E-state index contributed by atoms with van der Waals surface area (Å²) in [7, 11) is 1.95. The number of hydrogen-bond donors (Lipinski definition) is 1. The van der Waals surface area contributed by atoms with Crippen molar-refractivity contribution in [3.8, 4) is 0 Å². The van der Waals surface area contributed by atoms with Crippen LogP contribution in [0.4, 0.5) is 0 Å². The van der Waals surface area contributed by atoms with E-state index in [1.165, 1.54) is 12.0 Å². The molecule has 102 valence electrons. The van der Waals surface area contributed by atoms with Gasteiger partial charge < -0.3 is 5.32 Å². The van der Waals surface area contributed by atoms with Crippen molar-refractivity contribution in [1.82, 2.24) is 15.1 Å². The molecule has 1 N–H and O–H groups in total. The summed E-state index contributed by atoms with van der Waals surface area (Å²) in [5.74, 6) is 0. The molecule has 0 bridgehead atoms. The van der Waals surface area contributed by atoms with Gasteiger partial charge in [-0.15, -0.1) is 0 Å². The van der Waals surface area contributed by atoms with Gasteiger partial charge in [0.15, 0.2) is 0 Å². The smallest absolute Gasteiger partial charge is 0.0850 e. The van der Waals surface area contributed by atoms with Crippen molar-refractivity contribution in [2.24, 2.45) is 7.05 Å². The summed E-state index contributed by atoms with van der Waals surface area (Å²) < 4.78 is 1.88. The van der Waals surface area contributed by atoms with Crippen molar-refractivity contribution >= 4 is 11.6 Å². The van der Waals surface area contributed by atoms with Crippen LogP contribution in [0.3, 0.4) is 0 Å². The fourth-order valence-corrected chi connectivity index (χ4v) is 2.16. The molecule has 0 saturated carbocycles. The van der Waals surface area contributed by atoms with Gasteiger partial charge in [0.05, 0.1) is 16.4 Å². The molecule has 18 heavy (non-hydrogen) atoms. The molecule has 0 saturated heterocycles. The van der Waals surface area contributed by atoms with Crippen LogP contribution in [0.5, 0.6) is 0 Å². The SMILES string of the molecule is CCCNCCC=C(C)Cc1c(Cl)c(C)nn1C. The van der Waals surface area contributed by atoms with Gasteiger partial charge in [0.1, 0.15) is 0 Å². The minimum absolute atomic E-state index is 0.800. The zero-order valence-corrected chi connectivity index (χ0v) is 12.6. The van der Waals surface area contributed by atoms with Gasteiger partial charge in [0, 0.05) is 13.5 Å². The molecular formula is C14H24ClN3. The Morgan fingerprint density at radius 1 is 1.44 bits per heavy atom. The average molecular weight is 270 g/mol. The Hall–Kier alpha value is -0.800. The minimum Gasteiger partial charge on any atom is -0.316 e. The number of aromatic nitrogens is 2. The third-order valence-corrected chi connectivity index (χ3v) is 3.44. The highest BCUT2D eigenvalue weighted by atomic mass is 35.5. The van der Waals surface area contributed by atoms with E-state index in [1.807, 2.05) is 18.7 Å². The van der Waals surface area contributed by atoms with Gasteiger partial charge in [0.2, 0.25) is 0 Å². The highest BCUT2D eigenvalue weighted by molar-refractivity contribution is 6.31. The van der Waals surface area contributed by atoms with E-state index in [9.17, 15) is 0 Å². The normalized spacial score (nSPS) is 12.2. The summed E-state index contributed by atoms with van der Waals surface area (Å²) in [6.07, 6.45) is 5.41. The first-order valence-corrected chi connectivity index (χ1v) is 6.98. The Morgan fingerprint density at radius 2 is 2.17 bits per heavy atom. The molecule has 3 nitrogen and oxygen atoms in total. The standard InChI is InChI=1S/C14H24ClN3/c1-5-8-16-9-6-7-11(2)10-13-14(15)12(3)17-18(13)4/h7,16H,5-6,8-10H2,1-4H3. The molecule has 4 heteroatoms. The fourth-order valence-electron chi connectivity index (χ4n) is 1.93. The summed E-state index contributed by atoms with van der Waals surface area (Å²) in [6, 6.07) is 0. The van der Waals surface area contributed by atoms with E-state index in [-0.39, 0.29) is 0 Å². The lowest BCUT2D eigenvalue weighted by molar-refractivity contribution is 0.675. The Labute approximate surface area is 115 Å². The van der Waals surface area contributed by atoms with E-state index in [4.69, 9.17) is 11.6 Å². The number of hydrogen-bond acceptors (Lipinski definition) is 2. The van der Waals surface area contributed by atoms with Crippen molar-refractivity contribution in [2.75, 3.05) is 13.1 Å². The second kappa shape index (κ2) is 7.59. The highest BCUT2D eigenvalue weighted by Crippen LogP contribution is 2.21. The summed E-state index contributed by atoms with van der Waals surface area (Å²) in [4.78, 5) is 0. The van der Waals surface area contributed by atoms with Gasteiger partial charge in [0.25, 0.3) is 0 Å². The molecule has 0 aliphatic heterocycles. The zero-order valence-electron chi connectivity index (χ0n) is 11.9. The molecular weight excluding hydrogens is 246 g/mol. The van der Waals surface area contributed by atoms with Crippen LogP contribution in [-0.2, 0) is 13.5 Å². The highest BCUT2D eigenvalue weighted by Gasteiger charge is 2.10. The van der Waals surface area contributed by atoms with Crippen LogP contribution in [-0.4, -0.2) is 22.9 Å². The Bertz CT molecular complexity index is 407. The second-order valence-corrected chi connectivity index (χ2v) is 5.11. The second-order valence-electron chi connectivity index (χ2n) is 4.74. The molecule has 1 heterocycles. The Balaban J connectivity index is 2.48. The first-order chi connectivity index (χ1) is 8.56. The quantitative estimate of drug-likeness (QED) is 0.608. The van der Waals surface area contributed by atoms with Gasteiger partial charge in [-0.2, -0.15) is 5.10 Å². The lowest BCUT2D eigenvalue weighted by Gasteiger charge is -2.04. The van der Waals surface area contributed by atoms with Crippen LogP contribution >= 0.6 is 11.6 Å². The Morgan fingerprint density at radius 3 is 2.72 bits per heavy atom. The van der Waals surface area contributed by atoms with E-state index in [0.29, 0.717) is 0 Å². The monoisotopic (exact) mass is 269 g/mol. The lowest BCUT2D eigenvalue weighted by atomic mass is 10.1. The van der Waals surface area contributed by atoms with Crippen LogP contribution in [0.25, 0.3) is 0 Å². The molecule has 0 aliphatic rings. The minimum atomic E-state index is 0.800.